The topological polar surface area (TPSA) is 95.5 Å². The van der Waals surface area contributed by atoms with Crippen LogP contribution in [-0.2, 0) is 9.59 Å². The summed E-state index contributed by atoms with van der Waals surface area (Å²) in [5.74, 6) is -1.16. The Morgan fingerprint density at radius 1 is 1.21 bits per heavy atom. The fourth-order valence-corrected chi connectivity index (χ4v) is 1.47. The van der Waals surface area contributed by atoms with E-state index in [0.717, 1.165) is 0 Å². The third kappa shape index (κ3) is 4.09. The molecular formula is C13H16N2O4. The Bertz CT molecular complexity index is 525. The molecule has 0 radical (unpaired) electrons. The third-order valence-electron chi connectivity index (χ3n) is 2.48. The highest BCUT2D eigenvalue weighted by Crippen LogP contribution is 2.24. The molecule has 1 rings (SSSR count). The number of carbonyl (C=O) groups excluding carboxylic acids is 3. The van der Waals surface area contributed by atoms with Crippen LogP contribution in [0.4, 0.5) is 5.69 Å². The van der Waals surface area contributed by atoms with Gasteiger partial charge < -0.3 is 15.7 Å². The number of benzene rings is 1. The average Bonchev–Trinajstić information content (AvgIpc) is 2.30. The molecule has 0 heterocycles. The smallest absolute Gasteiger partial charge is 0.246 e. The van der Waals surface area contributed by atoms with Crippen LogP contribution in [0.2, 0.25) is 0 Å². The first kappa shape index (κ1) is 14.7. The predicted molar refractivity (Wildman–Crippen MR) is 70.0 cm³/mol. The normalized spacial score (nSPS) is 11.5. The molecule has 1 unspecified atom stereocenters. The SMILES string of the molecule is CC(=O)NC(C)C(=O)Nc1ccc(C(C)=O)cc1O. The summed E-state index contributed by atoms with van der Waals surface area (Å²) in [4.78, 5) is 33.6. The van der Waals surface area contributed by atoms with Gasteiger partial charge in [0.05, 0.1) is 5.69 Å². The maximum Gasteiger partial charge on any atom is 0.246 e. The van der Waals surface area contributed by atoms with Crippen LogP contribution in [0.1, 0.15) is 31.1 Å². The van der Waals surface area contributed by atoms with Gasteiger partial charge in [-0.15, -0.1) is 0 Å². The van der Waals surface area contributed by atoms with E-state index >= 15 is 0 Å². The fourth-order valence-electron chi connectivity index (χ4n) is 1.47. The summed E-state index contributed by atoms with van der Waals surface area (Å²) < 4.78 is 0. The number of aromatic hydroxyl groups is 1. The lowest BCUT2D eigenvalue weighted by Gasteiger charge is -2.13. The molecular weight excluding hydrogens is 248 g/mol. The second kappa shape index (κ2) is 5.99. The standard InChI is InChI=1S/C13H16N2O4/c1-7(14-9(3)17)13(19)15-11-5-4-10(8(2)16)6-12(11)18/h4-7,18H,1-3H3,(H,14,17)(H,15,19). The zero-order valence-electron chi connectivity index (χ0n) is 11.0. The number of ketones is 1. The monoisotopic (exact) mass is 264 g/mol. The van der Waals surface area contributed by atoms with Crippen molar-refractivity contribution in [2.24, 2.45) is 0 Å². The highest BCUT2D eigenvalue weighted by atomic mass is 16.3. The summed E-state index contributed by atoms with van der Waals surface area (Å²) >= 11 is 0. The molecule has 19 heavy (non-hydrogen) atoms. The van der Waals surface area contributed by atoms with Crippen LogP contribution < -0.4 is 10.6 Å². The Morgan fingerprint density at radius 3 is 2.32 bits per heavy atom. The Kier molecular flexibility index (Phi) is 4.63. The van der Waals surface area contributed by atoms with E-state index in [1.165, 1.54) is 39.0 Å². The van der Waals surface area contributed by atoms with Crippen molar-refractivity contribution in [2.75, 3.05) is 5.32 Å². The molecule has 0 saturated heterocycles. The van der Waals surface area contributed by atoms with E-state index in [1.807, 2.05) is 0 Å². The quantitative estimate of drug-likeness (QED) is 0.559. The van der Waals surface area contributed by atoms with Gasteiger partial charge in [0.2, 0.25) is 11.8 Å². The van der Waals surface area contributed by atoms with Crippen molar-refractivity contribution in [1.29, 1.82) is 0 Å². The molecule has 3 N–H and O–H groups in total. The van der Waals surface area contributed by atoms with Crippen LogP contribution in [0, 0.1) is 0 Å². The molecule has 102 valence electrons. The molecule has 1 atom stereocenters. The van der Waals surface area contributed by atoms with Crippen molar-refractivity contribution >= 4 is 23.3 Å². The number of phenols is 1. The predicted octanol–water partition coefficient (Wildman–Crippen LogP) is 1.06. The molecule has 0 fully saturated rings. The van der Waals surface area contributed by atoms with Crippen molar-refractivity contribution in [3.63, 3.8) is 0 Å². The first-order chi connectivity index (χ1) is 8.81. The van der Waals surface area contributed by atoms with Gasteiger partial charge in [0.1, 0.15) is 11.8 Å². The molecule has 0 aliphatic carbocycles. The molecule has 6 nitrogen and oxygen atoms in total. The lowest BCUT2D eigenvalue weighted by molar-refractivity contribution is -0.124. The zero-order chi connectivity index (χ0) is 14.6. The molecule has 6 heteroatoms. The van der Waals surface area contributed by atoms with Crippen LogP contribution >= 0.6 is 0 Å². The van der Waals surface area contributed by atoms with Crippen molar-refractivity contribution < 1.29 is 19.5 Å². The van der Waals surface area contributed by atoms with Gasteiger partial charge in [0.15, 0.2) is 5.78 Å². The molecule has 0 aliphatic heterocycles. The molecule has 0 aromatic heterocycles. The van der Waals surface area contributed by atoms with Gasteiger partial charge in [0.25, 0.3) is 0 Å². The number of phenolic OH excluding ortho intramolecular Hbond substituents is 1. The minimum absolute atomic E-state index is 0.181. The van der Waals surface area contributed by atoms with E-state index in [1.54, 1.807) is 0 Å². The summed E-state index contributed by atoms with van der Waals surface area (Å²) in [7, 11) is 0. The number of carbonyl (C=O) groups is 3. The van der Waals surface area contributed by atoms with Crippen LogP contribution in [-0.4, -0.2) is 28.7 Å². The molecule has 0 bridgehead atoms. The van der Waals surface area contributed by atoms with Crippen molar-refractivity contribution in [3.05, 3.63) is 23.8 Å². The average molecular weight is 264 g/mol. The second-order valence-electron chi connectivity index (χ2n) is 4.20. The first-order valence-corrected chi connectivity index (χ1v) is 5.73. The summed E-state index contributed by atoms with van der Waals surface area (Å²) in [6.45, 7) is 4.21. The van der Waals surface area contributed by atoms with Crippen LogP contribution in [0.25, 0.3) is 0 Å². The maximum atomic E-state index is 11.7. The summed E-state index contributed by atoms with van der Waals surface area (Å²) in [5.41, 5.74) is 0.539. The fraction of sp³-hybridized carbons (Fsp3) is 0.308. The number of rotatable bonds is 4. The van der Waals surface area contributed by atoms with E-state index in [-0.39, 0.29) is 23.1 Å². The lowest BCUT2D eigenvalue weighted by Crippen LogP contribution is -2.40. The van der Waals surface area contributed by atoms with Crippen LogP contribution in [0.3, 0.4) is 0 Å². The number of hydrogen-bond donors (Lipinski definition) is 3. The van der Waals surface area contributed by atoms with Crippen LogP contribution in [0.15, 0.2) is 18.2 Å². The Labute approximate surface area is 110 Å². The minimum atomic E-state index is -0.718. The largest absolute Gasteiger partial charge is 0.506 e. The van der Waals surface area contributed by atoms with Gasteiger partial charge >= 0.3 is 0 Å². The molecule has 0 aliphatic rings. The van der Waals surface area contributed by atoms with Gasteiger partial charge in [0, 0.05) is 12.5 Å². The number of nitrogens with one attached hydrogen (secondary N) is 2. The molecule has 2 amide bonds. The van der Waals surface area contributed by atoms with E-state index in [0.29, 0.717) is 5.56 Å². The number of anilines is 1. The molecule has 0 saturated carbocycles. The van der Waals surface area contributed by atoms with Crippen molar-refractivity contribution in [1.82, 2.24) is 5.32 Å². The Morgan fingerprint density at radius 2 is 1.84 bits per heavy atom. The van der Waals surface area contributed by atoms with Gasteiger partial charge in [-0.1, -0.05) is 0 Å². The van der Waals surface area contributed by atoms with E-state index in [4.69, 9.17) is 0 Å². The van der Waals surface area contributed by atoms with Crippen molar-refractivity contribution in [3.8, 4) is 5.75 Å². The van der Waals surface area contributed by atoms with Gasteiger partial charge in [-0.3, -0.25) is 14.4 Å². The minimum Gasteiger partial charge on any atom is -0.506 e. The number of amides is 2. The molecule has 1 aromatic rings. The van der Waals surface area contributed by atoms with E-state index < -0.39 is 11.9 Å². The zero-order valence-corrected chi connectivity index (χ0v) is 11.0. The Balaban J connectivity index is 2.80. The van der Waals surface area contributed by atoms with Gasteiger partial charge in [-0.25, -0.2) is 0 Å². The highest BCUT2D eigenvalue weighted by molar-refractivity contribution is 5.99. The molecule has 0 spiro atoms. The second-order valence-corrected chi connectivity index (χ2v) is 4.20. The molecule has 1 aromatic carbocycles. The van der Waals surface area contributed by atoms with E-state index in [2.05, 4.69) is 10.6 Å². The summed E-state index contributed by atoms with van der Waals surface area (Å²) in [6.07, 6.45) is 0. The number of Topliss-reactive ketones (excluding diaryl/α,β-unsaturated/α-hetero) is 1. The lowest BCUT2D eigenvalue weighted by atomic mass is 10.1. The van der Waals surface area contributed by atoms with Crippen molar-refractivity contribution in [2.45, 2.75) is 26.8 Å². The first-order valence-electron chi connectivity index (χ1n) is 5.73. The van der Waals surface area contributed by atoms with Crippen LogP contribution in [0.5, 0.6) is 5.75 Å². The highest BCUT2D eigenvalue weighted by Gasteiger charge is 2.15. The maximum absolute atomic E-state index is 11.7. The summed E-state index contributed by atoms with van der Waals surface area (Å²) in [5, 5.41) is 14.6. The number of hydrogen-bond acceptors (Lipinski definition) is 4. The Hall–Kier alpha value is -2.37. The van der Waals surface area contributed by atoms with E-state index in [9.17, 15) is 19.5 Å². The van der Waals surface area contributed by atoms with Gasteiger partial charge in [-0.05, 0) is 32.0 Å². The third-order valence-corrected chi connectivity index (χ3v) is 2.48. The van der Waals surface area contributed by atoms with Gasteiger partial charge in [-0.2, -0.15) is 0 Å². The summed E-state index contributed by atoms with van der Waals surface area (Å²) in [6, 6.07) is 3.50.